The minimum Gasteiger partial charge on any atom is -0.497 e. The minimum absolute atomic E-state index is 0.00714. The van der Waals surface area contributed by atoms with Gasteiger partial charge in [-0.2, -0.15) is 8.42 Å². The van der Waals surface area contributed by atoms with Crippen LogP contribution in [0.2, 0.25) is 0 Å². The molecule has 3 aromatic rings. The number of halogens is 1. The Hall–Kier alpha value is -3.39. The number of rotatable bonds is 9. The van der Waals surface area contributed by atoms with Crippen LogP contribution in [0.3, 0.4) is 0 Å². The van der Waals surface area contributed by atoms with Crippen LogP contribution in [0.1, 0.15) is 36.2 Å². The lowest BCUT2D eigenvalue weighted by Crippen LogP contribution is -2.38. The Balaban J connectivity index is 1.83. The van der Waals surface area contributed by atoms with Crippen LogP contribution in [-0.4, -0.2) is 32.4 Å². The molecular weight excluding hydrogens is 445 g/mol. The van der Waals surface area contributed by atoms with Gasteiger partial charge in [0, 0.05) is 12.6 Å². The molecule has 3 rings (SSSR count). The molecule has 0 aliphatic carbocycles. The average Bonchev–Trinajstić information content (AvgIpc) is 2.82. The number of nitrogens with zero attached hydrogens (tertiary/aromatic N) is 1. The van der Waals surface area contributed by atoms with Crippen molar-refractivity contribution in [3.63, 3.8) is 0 Å². The molecule has 1 unspecified atom stereocenters. The van der Waals surface area contributed by atoms with Crippen LogP contribution in [0.4, 0.5) is 4.39 Å². The van der Waals surface area contributed by atoms with Crippen LogP contribution in [0.25, 0.3) is 0 Å². The summed E-state index contributed by atoms with van der Waals surface area (Å²) in [7, 11) is -2.56. The summed E-state index contributed by atoms with van der Waals surface area (Å²) >= 11 is 0. The third-order valence-corrected chi connectivity index (χ3v) is 6.55. The summed E-state index contributed by atoms with van der Waals surface area (Å²) in [5.74, 6) is -0.371. The van der Waals surface area contributed by atoms with Gasteiger partial charge in [-0.25, -0.2) is 4.39 Å². The Morgan fingerprint density at radius 2 is 1.70 bits per heavy atom. The Morgan fingerprint density at radius 3 is 2.33 bits per heavy atom. The van der Waals surface area contributed by atoms with E-state index in [0.717, 1.165) is 0 Å². The summed E-state index contributed by atoms with van der Waals surface area (Å²) < 4.78 is 49.9. The number of carbonyl (C=O) groups excluding carboxylic acids is 1. The van der Waals surface area contributed by atoms with Crippen molar-refractivity contribution in [2.75, 3.05) is 7.11 Å². The number of carbonyl (C=O) groups is 1. The predicted octanol–water partition coefficient (Wildman–Crippen LogP) is 5.04. The van der Waals surface area contributed by atoms with Crippen molar-refractivity contribution in [3.8, 4) is 11.5 Å². The summed E-state index contributed by atoms with van der Waals surface area (Å²) in [6.07, 6.45) is 0.669. The van der Waals surface area contributed by atoms with Crippen LogP contribution in [0.5, 0.6) is 11.5 Å². The van der Waals surface area contributed by atoms with E-state index in [1.165, 1.54) is 55.6 Å². The molecule has 0 saturated carbocycles. The summed E-state index contributed by atoms with van der Waals surface area (Å²) in [6, 6.07) is 18.0. The van der Waals surface area contributed by atoms with Crippen molar-refractivity contribution < 1.29 is 26.5 Å². The molecule has 3 aromatic carbocycles. The molecule has 0 aliphatic heterocycles. The molecule has 33 heavy (non-hydrogen) atoms. The molecule has 174 valence electrons. The summed E-state index contributed by atoms with van der Waals surface area (Å²) in [4.78, 5) is 14.6. The molecule has 1 amide bonds. The van der Waals surface area contributed by atoms with Crippen LogP contribution < -0.4 is 8.92 Å². The lowest BCUT2D eigenvalue weighted by molar-refractivity contribution is 0.0666. The maximum atomic E-state index is 14.2. The standard InChI is InChI=1S/C25H26FNO5S/c1-4-18(2)27(25(28)23-10-5-6-11-24(23)26)17-19-8-7-9-21(16-19)32-33(29,30)22-14-12-20(31-3)13-15-22/h5-16,18H,4,17H2,1-3H3. The second-order valence-corrected chi connectivity index (χ2v) is 9.08. The molecule has 8 heteroatoms. The molecule has 0 bridgehead atoms. The molecule has 0 N–H and O–H groups in total. The van der Waals surface area contributed by atoms with Crippen LogP contribution in [0, 0.1) is 5.82 Å². The van der Waals surface area contributed by atoms with Crippen molar-refractivity contribution in [1.29, 1.82) is 0 Å². The number of ether oxygens (including phenoxy) is 1. The molecule has 1 atom stereocenters. The first kappa shape index (κ1) is 24.3. The Morgan fingerprint density at radius 1 is 1.00 bits per heavy atom. The van der Waals surface area contributed by atoms with Crippen molar-refractivity contribution in [2.24, 2.45) is 0 Å². The summed E-state index contributed by atoms with van der Waals surface area (Å²) in [5.41, 5.74) is 0.648. The normalized spacial score (nSPS) is 12.1. The quantitative estimate of drug-likeness (QED) is 0.409. The highest BCUT2D eigenvalue weighted by Crippen LogP contribution is 2.24. The zero-order valence-corrected chi connectivity index (χ0v) is 19.5. The van der Waals surface area contributed by atoms with Gasteiger partial charge in [-0.15, -0.1) is 0 Å². The zero-order valence-electron chi connectivity index (χ0n) is 18.7. The molecule has 0 heterocycles. The highest BCUT2D eigenvalue weighted by atomic mass is 32.2. The van der Waals surface area contributed by atoms with Gasteiger partial charge < -0.3 is 13.8 Å². The molecule has 0 fully saturated rings. The molecular formula is C25H26FNO5S. The lowest BCUT2D eigenvalue weighted by atomic mass is 10.1. The van der Waals surface area contributed by atoms with Gasteiger partial charge >= 0.3 is 10.1 Å². The number of benzene rings is 3. The van der Waals surface area contributed by atoms with Gasteiger partial charge in [0.25, 0.3) is 5.91 Å². The maximum Gasteiger partial charge on any atom is 0.339 e. The third-order valence-electron chi connectivity index (χ3n) is 5.29. The lowest BCUT2D eigenvalue weighted by Gasteiger charge is -2.29. The van der Waals surface area contributed by atoms with Gasteiger partial charge in [0.05, 0.1) is 12.7 Å². The molecule has 0 saturated heterocycles. The van der Waals surface area contributed by atoms with Crippen molar-refractivity contribution in [2.45, 2.75) is 37.8 Å². The Kier molecular flexibility index (Phi) is 7.71. The first-order valence-corrected chi connectivity index (χ1v) is 11.9. The van der Waals surface area contributed by atoms with E-state index in [2.05, 4.69) is 0 Å². The number of hydrogen-bond donors (Lipinski definition) is 0. The number of amides is 1. The first-order chi connectivity index (χ1) is 15.7. The monoisotopic (exact) mass is 471 g/mol. The van der Waals surface area contributed by atoms with E-state index < -0.39 is 21.8 Å². The van der Waals surface area contributed by atoms with Gasteiger partial charge in [-0.1, -0.05) is 31.2 Å². The largest absolute Gasteiger partial charge is 0.497 e. The molecule has 6 nitrogen and oxygen atoms in total. The van der Waals surface area contributed by atoms with Gasteiger partial charge in [0.15, 0.2) is 0 Å². The predicted molar refractivity (Wildman–Crippen MR) is 123 cm³/mol. The van der Waals surface area contributed by atoms with E-state index >= 15 is 0 Å². The van der Waals surface area contributed by atoms with E-state index in [-0.39, 0.29) is 28.8 Å². The van der Waals surface area contributed by atoms with Crippen LogP contribution in [-0.2, 0) is 16.7 Å². The van der Waals surface area contributed by atoms with Crippen molar-refractivity contribution >= 4 is 16.0 Å². The Labute approximate surface area is 193 Å². The van der Waals surface area contributed by atoms with Gasteiger partial charge in [0.2, 0.25) is 0 Å². The van der Waals surface area contributed by atoms with E-state index in [1.807, 2.05) is 13.8 Å². The average molecular weight is 472 g/mol. The fraction of sp³-hybridized carbons (Fsp3) is 0.240. The van der Waals surface area contributed by atoms with E-state index in [9.17, 15) is 17.6 Å². The van der Waals surface area contributed by atoms with E-state index in [1.54, 1.807) is 29.2 Å². The SMILES string of the molecule is CCC(C)N(Cc1cccc(OS(=O)(=O)c2ccc(OC)cc2)c1)C(=O)c1ccccc1F. The summed E-state index contributed by atoms with van der Waals surface area (Å²) in [6.45, 7) is 3.99. The van der Waals surface area contributed by atoms with Crippen LogP contribution >= 0.6 is 0 Å². The van der Waals surface area contributed by atoms with Gasteiger partial charge in [-0.3, -0.25) is 4.79 Å². The maximum absolute atomic E-state index is 14.2. The fourth-order valence-corrected chi connectivity index (χ4v) is 4.17. The van der Waals surface area contributed by atoms with Crippen molar-refractivity contribution in [3.05, 3.63) is 89.7 Å². The molecule has 0 aromatic heterocycles. The highest BCUT2D eigenvalue weighted by molar-refractivity contribution is 7.87. The highest BCUT2D eigenvalue weighted by Gasteiger charge is 2.24. The van der Waals surface area contributed by atoms with Crippen LogP contribution in [0.15, 0.2) is 77.7 Å². The number of methoxy groups -OCH3 is 1. The third kappa shape index (κ3) is 5.90. The molecule has 0 aliphatic rings. The smallest absolute Gasteiger partial charge is 0.339 e. The molecule has 0 spiro atoms. The van der Waals surface area contributed by atoms with Gasteiger partial charge in [0.1, 0.15) is 22.2 Å². The van der Waals surface area contributed by atoms with Crippen molar-refractivity contribution in [1.82, 2.24) is 4.90 Å². The first-order valence-electron chi connectivity index (χ1n) is 10.5. The summed E-state index contributed by atoms with van der Waals surface area (Å²) in [5, 5.41) is 0. The molecule has 0 radical (unpaired) electrons. The topological polar surface area (TPSA) is 72.9 Å². The van der Waals surface area contributed by atoms with E-state index in [4.69, 9.17) is 8.92 Å². The second kappa shape index (κ2) is 10.5. The van der Waals surface area contributed by atoms with E-state index in [0.29, 0.717) is 17.7 Å². The fourth-order valence-electron chi connectivity index (χ4n) is 3.25. The second-order valence-electron chi connectivity index (χ2n) is 7.53. The zero-order chi connectivity index (χ0) is 24.0. The van der Waals surface area contributed by atoms with Gasteiger partial charge in [-0.05, 0) is 67.4 Å². The minimum atomic E-state index is -4.06. The Bertz CT molecular complexity index is 1210. The number of hydrogen-bond acceptors (Lipinski definition) is 5.